The topological polar surface area (TPSA) is 86.3 Å². The van der Waals surface area contributed by atoms with Crippen molar-refractivity contribution in [2.24, 2.45) is 10.9 Å². The Kier molecular flexibility index (Phi) is 10.1. The third-order valence-corrected chi connectivity index (χ3v) is 6.98. The van der Waals surface area contributed by atoms with E-state index in [0.717, 1.165) is 71.0 Å². The number of hydrogen-bond acceptors (Lipinski definition) is 5. The van der Waals surface area contributed by atoms with Gasteiger partial charge < -0.3 is 20.3 Å². The van der Waals surface area contributed by atoms with Crippen LogP contribution in [0.1, 0.15) is 46.5 Å². The Morgan fingerprint density at radius 2 is 1.79 bits per heavy atom. The van der Waals surface area contributed by atoms with Crippen molar-refractivity contribution in [3.8, 4) is 0 Å². The summed E-state index contributed by atoms with van der Waals surface area (Å²) in [5.74, 6) is 1.34. The Balaban J connectivity index is 1.73. The van der Waals surface area contributed by atoms with Crippen molar-refractivity contribution in [2.75, 3.05) is 58.7 Å². The van der Waals surface area contributed by atoms with Gasteiger partial charge in [0.25, 0.3) is 0 Å². The monoisotopic (exact) mass is 431 g/mol. The van der Waals surface area contributed by atoms with Crippen molar-refractivity contribution in [2.45, 2.75) is 58.6 Å². The highest BCUT2D eigenvalue weighted by Crippen LogP contribution is 2.19. The largest absolute Gasteiger partial charge is 0.377 e. The normalized spacial score (nSPS) is 21.6. The highest BCUT2D eigenvalue weighted by molar-refractivity contribution is 7.88. The van der Waals surface area contributed by atoms with Crippen molar-refractivity contribution in [3.05, 3.63) is 0 Å². The van der Waals surface area contributed by atoms with Crippen molar-refractivity contribution in [3.63, 3.8) is 0 Å². The SMILES string of the molecule is CCNC(=NCC1CCN(S(C)(=O)=O)CC1)NC1CCN(CCOC(C)C)CC1. The van der Waals surface area contributed by atoms with Crippen LogP contribution in [0.15, 0.2) is 4.99 Å². The van der Waals surface area contributed by atoms with E-state index in [1.807, 2.05) is 0 Å². The Bertz CT molecular complexity index is 595. The highest BCUT2D eigenvalue weighted by Gasteiger charge is 2.25. The van der Waals surface area contributed by atoms with E-state index in [4.69, 9.17) is 9.73 Å². The minimum Gasteiger partial charge on any atom is -0.377 e. The van der Waals surface area contributed by atoms with Gasteiger partial charge in [0.05, 0.1) is 19.0 Å². The average Bonchev–Trinajstić information content (AvgIpc) is 2.67. The van der Waals surface area contributed by atoms with Crippen LogP contribution in [0.2, 0.25) is 0 Å². The van der Waals surface area contributed by atoms with Gasteiger partial charge in [-0.3, -0.25) is 4.99 Å². The lowest BCUT2D eigenvalue weighted by Gasteiger charge is -2.33. The lowest BCUT2D eigenvalue weighted by Crippen LogP contribution is -2.49. The maximum atomic E-state index is 11.6. The zero-order chi connectivity index (χ0) is 21.3. The molecule has 2 rings (SSSR count). The van der Waals surface area contributed by atoms with E-state index in [1.54, 1.807) is 4.31 Å². The molecule has 0 atom stereocenters. The molecule has 0 aromatic carbocycles. The summed E-state index contributed by atoms with van der Waals surface area (Å²) in [5, 5.41) is 6.96. The maximum absolute atomic E-state index is 11.6. The quantitative estimate of drug-likeness (QED) is 0.420. The molecule has 2 N–H and O–H groups in total. The Labute approximate surface area is 177 Å². The number of guanidine groups is 1. The molecule has 9 heteroatoms. The van der Waals surface area contributed by atoms with Gasteiger partial charge in [0.2, 0.25) is 10.0 Å². The second-order valence-corrected chi connectivity index (χ2v) is 10.5. The number of likely N-dealkylation sites (tertiary alicyclic amines) is 1. The molecule has 2 saturated heterocycles. The van der Waals surface area contributed by atoms with Gasteiger partial charge in [-0.05, 0) is 52.4 Å². The fourth-order valence-corrected chi connectivity index (χ4v) is 4.75. The van der Waals surface area contributed by atoms with Crippen molar-refractivity contribution < 1.29 is 13.2 Å². The fourth-order valence-electron chi connectivity index (χ4n) is 3.88. The molecular weight excluding hydrogens is 390 g/mol. The van der Waals surface area contributed by atoms with Crippen LogP contribution in [0.25, 0.3) is 0 Å². The van der Waals surface area contributed by atoms with E-state index in [-0.39, 0.29) is 0 Å². The van der Waals surface area contributed by atoms with E-state index in [9.17, 15) is 8.42 Å². The van der Waals surface area contributed by atoms with Gasteiger partial charge in [0.1, 0.15) is 0 Å². The molecule has 0 unspecified atom stereocenters. The third-order valence-electron chi connectivity index (χ3n) is 5.68. The number of piperidine rings is 2. The molecule has 170 valence electrons. The molecule has 0 spiro atoms. The fraction of sp³-hybridized carbons (Fsp3) is 0.950. The Morgan fingerprint density at radius 1 is 1.14 bits per heavy atom. The van der Waals surface area contributed by atoms with E-state index in [0.29, 0.717) is 31.2 Å². The summed E-state index contributed by atoms with van der Waals surface area (Å²) < 4.78 is 30.5. The number of sulfonamides is 1. The molecule has 0 bridgehead atoms. The van der Waals surface area contributed by atoms with Crippen LogP contribution in [0.5, 0.6) is 0 Å². The summed E-state index contributed by atoms with van der Waals surface area (Å²) in [4.78, 5) is 7.27. The molecule has 0 aliphatic carbocycles. The number of rotatable bonds is 9. The Morgan fingerprint density at radius 3 is 2.34 bits per heavy atom. The number of ether oxygens (including phenoxy) is 1. The van der Waals surface area contributed by atoms with Gasteiger partial charge in [-0.15, -0.1) is 0 Å². The van der Waals surface area contributed by atoms with Crippen LogP contribution in [0.3, 0.4) is 0 Å². The predicted molar refractivity (Wildman–Crippen MR) is 119 cm³/mol. The molecule has 0 aromatic heterocycles. The van der Waals surface area contributed by atoms with Crippen LogP contribution in [-0.2, 0) is 14.8 Å². The van der Waals surface area contributed by atoms with Gasteiger partial charge in [-0.25, -0.2) is 12.7 Å². The summed E-state index contributed by atoms with van der Waals surface area (Å²) >= 11 is 0. The number of aliphatic imine (C=N–C) groups is 1. The van der Waals surface area contributed by atoms with E-state index >= 15 is 0 Å². The summed E-state index contributed by atoms with van der Waals surface area (Å²) in [6, 6.07) is 0.446. The lowest BCUT2D eigenvalue weighted by atomic mass is 9.98. The average molecular weight is 432 g/mol. The summed E-state index contributed by atoms with van der Waals surface area (Å²) in [5.41, 5.74) is 0. The molecule has 0 aromatic rings. The first-order valence-corrected chi connectivity index (χ1v) is 13.0. The molecule has 0 amide bonds. The predicted octanol–water partition coefficient (Wildman–Crippen LogP) is 1.10. The molecule has 8 nitrogen and oxygen atoms in total. The van der Waals surface area contributed by atoms with Gasteiger partial charge in [-0.1, -0.05) is 0 Å². The second-order valence-electron chi connectivity index (χ2n) is 8.50. The first kappa shape index (κ1) is 24.4. The maximum Gasteiger partial charge on any atom is 0.211 e. The van der Waals surface area contributed by atoms with Crippen LogP contribution < -0.4 is 10.6 Å². The van der Waals surface area contributed by atoms with Crippen LogP contribution in [0, 0.1) is 5.92 Å². The van der Waals surface area contributed by atoms with Crippen molar-refractivity contribution in [1.82, 2.24) is 19.8 Å². The lowest BCUT2D eigenvalue weighted by molar-refractivity contribution is 0.0532. The molecular formula is C20H41N5O3S. The molecule has 0 radical (unpaired) electrons. The number of nitrogens with zero attached hydrogens (tertiary/aromatic N) is 3. The van der Waals surface area contributed by atoms with Gasteiger partial charge in [-0.2, -0.15) is 0 Å². The molecule has 29 heavy (non-hydrogen) atoms. The summed E-state index contributed by atoms with van der Waals surface area (Å²) in [7, 11) is -3.06. The molecule has 2 fully saturated rings. The second kappa shape index (κ2) is 12.1. The number of nitrogens with one attached hydrogen (secondary N) is 2. The van der Waals surface area contributed by atoms with Crippen LogP contribution in [-0.4, -0.2) is 94.4 Å². The zero-order valence-electron chi connectivity index (χ0n) is 18.7. The molecule has 2 aliphatic rings. The van der Waals surface area contributed by atoms with Crippen molar-refractivity contribution >= 4 is 16.0 Å². The minimum absolute atomic E-state index is 0.298. The van der Waals surface area contributed by atoms with E-state index in [1.165, 1.54) is 6.26 Å². The first-order chi connectivity index (χ1) is 13.8. The smallest absolute Gasteiger partial charge is 0.211 e. The number of hydrogen-bond donors (Lipinski definition) is 2. The molecule has 2 aliphatic heterocycles. The van der Waals surface area contributed by atoms with Crippen molar-refractivity contribution in [1.29, 1.82) is 0 Å². The molecule has 0 saturated carbocycles. The van der Waals surface area contributed by atoms with Crippen LogP contribution in [0.4, 0.5) is 0 Å². The van der Waals surface area contributed by atoms with Gasteiger partial charge in [0, 0.05) is 51.9 Å². The first-order valence-electron chi connectivity index (χ1n) is 11.1. The van der Waals surface area contributed by atoms with E-state index in [2.05, 4.69) is 36.3 Å². The van der Waals surface area contributed by atoms with Crippen LogP contribution >= 0.6 is 0 Å². The standard InChI is InChI=1S/C20H41N5O3S/c1-5-21-20(22-16-18-6-12-25(13-7-18)29(4,26)27)23-19-8-10-24(11-9-19)14-15-28-17(2)3/h17-19H,5-16H2,1-4H3,(H2,21,22,23). The minimum atomic E-state index is -3.06. The molecule has 2 heterocycles. The van der Waals surface area contributed by atoms with Gasteiger partial charge >= 0.3 is 0 Å². The van der Waals surface area contributed by atoms with Gasteiger partial charge in [0.15, 0.2) is 5.96 Å². The van der Waals surface area contributed by atoms with E-state index < -0.39 is 10.0 Å². The summed E-state index contributed by atoms with van der Waals surface area (Å²) in [6.07, 6.45) is 5.57. The third kappa shape index (κ3) is 9.19. The summed E-state index contributed by atoms with van der Waals surface area (Å²) in [6.45, 7) is 13.0. The Hall–Kier alpha value is -0.900. The zero-order valence-corrected chi connectivity index (χ0v) is 19.5. The highest BCUT2D eigenvalue weighted by atomic mass is 32.2.